The molecule has 0 N–H and O–H groups in total. The van der Waals surface area contributed by atoms with Gasteiger partial charge in [-0.15, -0.1) is 0 Å². The van der Waals surface area contributed by atoms with E-state index in [1.807, 2.05) is 6.42 Å². The summed E-state index contributed by atoms with van der Waals surface area (Å²) in [6.45, 7) is 4.73. The van der Waals surface area contributed by atoms with E-state index in [2.05, 4.69) is 6.58 Å². The fourth-order valence-electron chi connectivity index (χ4n) is 1.09. The molecule has 0 spiro atoms. The molecule has 1 atom stereocenters. The zero-order chi connectivity index (χ0) is 8.27. The van der Waals surface area contributed by atoms with Crippen molar-refractivity contribution in [3.8, 4) is 0 Å². The predicted molar refractivity (Wildman–Crippen MR) is 41.9 cm³/mol. The quantitative estimate of drug-likeness (QED) is 0.533. The summed E-state index contributed by atoms with van der Waals surface area (Å²) in [6, 6.07) is 0. The van der Waals surface area contributed by atoms with Gasteiger partial charge in [0, 0.05) is 26.6 Å². The van der Waals surface area contributed by atoms with E-state index in [9.17, 15) is 4.79 Å². The summed E-state index contributed by atoms with van der Waals surface area (Å²) in [5.74, 6) is -0.0270. The molecule has 0 saturated carbocycles. The largest absolute Gasteiger partial charge is 0.379 e. The maximum atomic E-state index is 11.0. The zero-order valence-corrected chi connectivity index (χ0v) is 6.62. The summed E-state index contributed by atoms with van der Waals surface area (Å²) in [6.07, 6.45) is 3.40. The number of rotatable bonds is 2. The molecule has 11 heavy (non-hydrogen) atoms. The number of hydrogen-bond donors (Lipinski definition) is 0. The lowest BCUT2D eigenvalue weighted by Gasteiger charge is -2.12. The maximum Gasteiger partial charge on any atom is 0.246 e. The lowest BCUT2D eigenvalue weighted by Crippen LogP contribution is -2.27. The first-order chi connectivity index (χ1) is 5.27. The Kier molecular flexibility index (Phi) is 2.65. The number of carbonyl (C=O) groups is 1. The molecule has 1 radical (unpaired) electrons. The lowest BCUT2D eigenvalue weighted by atomic mass is 10.3. The number of carbonyl (C=O) groups excluding carboxylic acids is 1. The second-order valence-corrected chi connectivity index (χ2v) is 2.46. The molecule has 3 heteroatoms. The monoisotopic (exact) mass is 154 g/mol. The third-order valence-electron chi connectivity index (χ3n) is 1.78. The fourth-order valence-corrected chi connectivity index (χ4v) is 1.09. The summed E-state index contributed by atoms with van der Waals surface area (Å²) in [4.78, 5) is 12.7. The van der Waals surface area contributed by atoms with Crippen LogP contribution in [-0.4, -0.2) is 37.1 Å². The van der Waals surface area contributed by atoms with Crippen LogP contribution in [0.3, 0.4) is 0 Å². The van der Waals surface area contributed by atoms with Gasteiger partial charge >= 0.3 is 0 Å². The first-order valence-electron chi connectivity index (χ1n) is 3.55. The number of nitrogens with zero attached hydrogens (tertiary/aromatic N) is 1. The highest BCUT2D eigenvalue weighted by Gasteiger charge is 2.24. The van der Waals surface area contributed by atoms with Crippen LogP contribution in [0.5, 0.6) is 0 Å². The Hall–Kier alpha value is -0.830. The maximum absolute atomic E-state index is 11.0. The Balaban J connectivity index is 2.41. The van der Waals surface area contributed by atoms with Crippen molar-refractivity contribution in [3.63, 3.8) is 0 Å². The van der Waals surface area contributed by atoms with Gasteiger partial charge in [-0.05, 0) is 6.08 Å². The van der Waals surface area contributed by atoms with Crippen LogP contribution in [0.2, 0.25) is 0 Å². The van der Waals surface area contributed by atoms with Crippen molar-refractivity contribution in [1.29, 1.82) is 0 Å². The van der Waals surface area contributed by atoms with Crippen molar-refractivity contribution in [3.05, 3.63) is 19.1 Å². The molecule has 0 aromatic rings. The Morgan fingerprint density at radius 3 is 3.09 bits per heavy atom. The third kappa shape index (κ3) is 1.80. The predicted octanol–water partition coefficient (Wildman–Crippen LogP) is 0.234. The number of hydrogen-bond acceptors (Lipinski definition) is 2. The Bertz CT molecular complexity index is 167. The molecule has 61 valence electrons. The SMILES string of the molecule is C=CC(=O)N1C[CH]C(OC)C1. The smallest absolute Gasteiger partial charge is 0.246 e. The van der Waals surface area contributed by atoms with Gasteiger partial charge in [-0.1, -0.05) is 6.58 Å². The van der Waals surface area contributed by atoms with Gasteiger partial charge in [-0.2, -0.15) is 0 Å². The molecule has 3 nitrogen and oxygen atoms in total. The van der Waals surface area contributed by atoms with Crippen LogP contribution in [0.4, 0.5) is 0 Å². The van der Waals surface area contributed by atoms with E-state index >= 15 is 0 Å². The summed E-state index contributed by atoms with van der Waals surface area (Å²) in [5.41, 5.74) is 0. The molecule has 1 aliphatic rings. The van der Waals surface area contributed by atoms with Crippen LogP contribution in [-0.2, 0) is 9.53 Å². The van der Waals surface area contributed by atoms with Crippen LogP contribution >= 0.6 is 0 Å². The van der Waals surface area contributed by atoms with Crippen LogP contribution in [0.15, 0.2) is 12.7 Å². The van der Waals surface area contributed by atoms with E-state index in [4.69, 9.17) is 4.74 Å². The Labute approximate surface area is 66.6 Å². The van der Waals surface area contributed by atoms with E-state index in [0.717, 1.165) is 0 Å². The molecule has 1 saturated heterocycles. The molecule has 1 rings (SSSR count). The van der Waals surface area contributed by atoms with Crippen molar-refractivity contribution < 1.29 is 9.53 Å². The Morgan fingerprint density at radius 1 is 1.91 bits per heavy atom. The summed E-state index contributed by atoms with van der Waals surface area (Å²) in [7, 11) is 1.64. The molecule has 1 aliphatic heterocycles. The average Bonchev–Trinajstić information content (AvgIpc) is 2.50. The molecule has 0 aromatic heterocycles. The molecule has 0 bridgehead atoms. The van der Waals surface area contributed by atoms with Gasteiger partial charge in [0.05, 0.1) is 6.10 Å². The van der Waals surface area contributed by atoms with Gasteiger partial charge < -0.3 is 9.64 Å². The molecular formula is C8H12NO2. The molecule has 1 unspecified atom stereocenters. The topological polar surface area (TPSA) is 29.5 Å². The van der Waals surface area contributed by atoms with Crippen LogP contribution in [0, 0.1) is 6.42 Å². The molecule has 0 aliphatic carbocycles. The van der Waals surface area contributed by atoms with E-state index in [-0.39, 0.29) is 12.0 Å². The third-order valence-corrected chi connectivity index (χ3v) is 1.78. The number of amides is 1. The zero-order valence-electron chi connectivity index (χ0n) is 6.62. The normalized spacial score (nSPS) is 23.7. The van der Waals surface area contributed by atoms with E-state index in [1.165, 1.54) is 6.08 Å². The van der Waals surface area contributed by atoms with Crippen LogP contribution in [0.1, 0.15) is 0 Å². The first-order valence-corrected chi connectivity index (χ1v) is 3.55. The van der Waals surface area contributed by atoms with Crippen molar-refractivity contribution in [2.24, 2.45) is 0 Å². The Morgan fingerprint density at radius 2 is 2.64 bits per heavy atom. The molecular weight excluding hydrogens is 142 g/mol. The lowest BCUT2D eigenvalue weighted by molar-refractivity contribution is -0.125. The van der Waals surface area contributed by atoms with Crippen LogP contribution < -0.4 is 0 Å². The molecule has 1 amide bonds. The van der Waals surface area contributed by atoms with Crippen molar-refractivity contribution in [2.75, 3.05) is 20.2 Å². The highest BCUT2D eigenvalue weighted by Crippen LogP contribution is 2.10. The van der Waals surface area contributed by atoms with Gasteiger partial charge in [0.25, 0.3) is 0 Å². The minimum Gasteiger partial charge on any atom is -0.379 e. The van der Waals surface area contributed by atoms with Gasteiger partial charge in [0.1, 0.15) is 0 Å². The minimum absolute atomic E-state index is 0.0270. The van der Waals surface area contributed by atoms with Crippen molar-refractivity contribution in [1.82, 2.24) is 4.90 Å². The number of methoxy groups -OCH3 is 1. The van der Waals surface area contributed by atoms with Gasteiger partial charge in [0.2, 0.25) is 5.91 Å². The van der Waals surface area contributed by atoms with Gasteiger partial charge in [0.15, 0.2) is 0 Å². The highest BCUT2D eigenvalue weighted by molar-refractivity contribution is 5.87. The summed E-state index contributed by atoms with van der Waals surface area (Å²) >= 11 is 0. The van der Waals surface area contributed by atoms with Gasteiger partial charge in [-0.3, -0.25) is 4.79 Å². The van der Waals surface area contributed by atoms with Crippen molar-refractivity contribution >= 4 is 5.91 Å². The van der Waals surface area contributed by atoms with Crippen molar-refractivity contribution in [2.45, 2.75) is 6.10 Å². The minimum atomic E-state index is -0.0270. The molecule has 1 fully saturated rings. The second kappa shape index (κ2) is 3.53. The molecule has 1 heterocycles. The first kappa shape index (κ1) is 8.27. The standard InChI is InChI=1S/C8H12NO2/c1-3-8(10)9-5-4-7(6-9)11-2/h3-4,7H,1,5-6H2,2H3. The van der Waals surface area contributed by atoms with Gasteiger partial charge in [-0.25, -0.2) is 0 Å². The second-order valence-electron chi connectivity index (χ2n) is 2.46. The summed E-state index contributed by atoms with van der Waals surface area (Å²) in [5, 5.41) is 0. The number of ether oxygens (including phenoxy) is 1. The highest BCUT2D eigenvalue weighted by atomic mass is 16.5. The van der Waals surface area contributed by atoms with E-state index < -0.39 is 0 Å². The molecule has 0 aromatic carbocycles. The van der Waals surface area contributed by atoms with E-state index in [0.29, 0.717) is 13.1 Å². The number of likely N-dealkylation sites (tertiary alicyclic amines) is 1. The average molecular weight is 154 g/mol. The fraction of sp³-hybridized carbons (Fsp3) is 0.500. The van der Waals surface area contributed by atoms with Crippen LogP contribution in [0.25, 0.3) is 0 Å². The van der Waals surface area contributed by atoms with E-state index in [1.54, 1.807) is 12.0 Å². The summed E-state index contributed by atoms with van der Waals surface area (Å²) < 4.78 is 5.05.